The van der Waals surface area contributed by atoms with Crippen molar-refractivity contribution in [2.75, 3.05) is 0 Å². The molecule has 19 heavy (non-hydrogen) atoms. The first-order chi connectivity index (χ1) is 9.06. The number of hydrogen-bond donors (Lipinski definition) is 1. The molecule has 2 aromatic rings. The molecule has 0 aliphatic carbocycles. The van der Waals surface area contributed by atoms with Crippen LogP contribution in [0.25, 0.3) is 0 Å². The molecule has 0 amide bonds. The molecule has 2 atom stereocenters. The van der Waals surface area contributed by atoms with Crippen LogP contribution in [-0.2, 0) is 0 Å². The third-order valence-electron chi connectivity index (χ3n) is 2.74. The minimum Gasteiger partial charge on any atom is -0.327 e. The Labute approximate surface area is 131 Å². The molecule has 0 fully saturated rings. The third kappa shape index (κ3) is 4.25. The van der Waals surface area contributed by atoms with E-state index in [0.29, 0.717) is 0 Å². The van der Waals surface area contributed by atoms with E-state index in [1.807, 2.05) is 43.3 Å². The second-order valence-electron chi connectivity index (χ2n) is 4.41. The van der Waals surface area contributed by atoms with E-state index in [9.17, 15) is 0 Å². The van der Waals surface area contributed by atoms with Crippen molar-refractivity contribution in [3.63, 3.8) is 0 Å². The molecule has 0 heterocycles. The van der Waals surface area contributed by atoms with Crippen LogP contribution in [0.4, 0.5) is 0 Å². The highest BCUT2D eigenvalue weighted by atomic mass is 79.9. The zero-order chi connectivity index (χ0) is 13.8. The lowest BCUT2D eigenvalue weighted by atomic mass is 10.1. The van der Waals surface area contributed by atoms with Gasteiger partial charge in [-0.1, -0.05) is 45.7 Å². The lowest BCUT2D eigenvalue weighted by Crippen LogP contribution is -2.22. The van der Waals surface area contributed by atoms with Crippen molar-refractivity contribution in [2.24, 2.45) is 5.73 Å². The molecule has 0 aliphatic heterocycles. The molecule has 0 spiro atoms. The molecule has 2 unspecified atom stereocenters. The van der Waals surface area contributed by atoms with Crippen LogP contribution >= 0.6 is 39.3 Å². The fourth-order valence-corrected chi connectivity index (χ4v) is 3.65. The largest absolute Gasteiger partial charge is 0.327 e. The van der Waals surface area contributed by atoms with Gasteiger partial charge in [-0.25, -0.2) is 0 Å². The maximum atomic E-state index is 6.13. The SMILES string of the molecule is CC(N)C(Sc1cccc(Br)c1)c1ccc(Cl)cc1. The van der Waals surface area contributed by atoms with Gasteiger partial charge >= 0.3 is 0 Å². The van der Waals surface area contributed by atoms with Crippen LogP contribution in [0.1, 0.15) is 17.7 Å². The molecular weight excluding hydrogens is 342 g/mol. The summed E-state index contributed by atoms with van der Waals surface area (Å²) in [5.74, 6) is 0. The van der Waals surface area contributed by atoms with Gasteiger partial charge < -0.3 is 5.73 Å². The Morgan fingerprint density at radius 1 is 1.16 bits per heavy atom. The summed E-state index contributed by atoms with van der Waals surface area (Å²) in [4.78, 5) is 1.20. The number of hydrogen-bond acceptors (Lipinski definition) is 2. The topological polar surface area (TPSA) is 26.0 Å². The Hall–Kier alpha value is -0.480. The number of nitrogens with two attached hydrogens (primary N) is 1. The summed E-state index contributed by atoms with van der Waals surface area (Å²) < 4.78 is 1.08. The highest BCUT2D eigenvalue weighted by molar-refractivity contribution is 9.10. The van der Waals surface area contributed by atoms with Crippen molar-refractivity contribution in [3.8, 4) is 0 Å². The number of halogens is 2. The molecule has 0 radical (unpaired) electrons. The average molecular weight is 357 g/mol. The van der Waals surface area contributed by atoms with Gasteiger partial charge in [0.15, 0.2) is 0 Å². The lowest BCUT2D eigenvalue weighted by Gasteiger charge is -2.21. The van der Waals surface area contributed by atoms with Gasteiger partial charge in [0.2, 0.25) is 0 Å². The van der Waals surface area contributed by atoms with E-state index in [1.165, 1.54) is 10.5 Å². The standard InChI is InChI=1S/C15H15BrClNS/c1-10(18)15(11-5-7-13(17)8-6-11)19-14-4-2-3-12(16)9-14/h2-10,15H,18H2,1H3. The normalized spacial score (nSPS) is 14.1. The highest BCUT2D eigenvalue weighted by Gasteiger charge is 2.17. The van der Waals surface area contributed by atoms with E-state index in [1.54, 1.807) is 11.8 Å². The Balaban J connectivity index is 2.23. The van der Waals surface area contributed by atoms with Gasteiger partial charge in [-0.2, -0.15) is 0 Å². The minimum atomic E-state index is 0.0603. The van der Waals surface area contributed by atoms with Gasteiger partial charge in [-0.05, 0) is 42.8 Å². The predicted molar refractivity (Wildman–Crippen MR) is 87.8 cm³/mol. The summed E-state index contributed by atoms with van der Waals surface area (Å²) in [6.45, 7) is 2.03. The molecule has 0 saturated heterocycles. The summed E-state index contributed by atoms with van der Waals surface area (Å²) in [5.41, 5.74) is 7.33. The third-order valence-corrected chi connectivity index (χ3v) is 4.96. The van der Waals surface area contributed by atoms with E-state index >= 15 is 0 Å². The fourth-order valence-electron chi connectivity index (χ4n) is 1.82. The van der Waals surface area contributed by atoms with Crippen molar-refractivity contribution >= 4 is 39.3 Å². The van der Waals surface area contributed by atoms with Crippen LogP contribution in [0.15, 0.2) is 57.9 Å². The van der Waals surface area contributed by atoms with Crippen molar-refractivity contribution in [1.82, 2.24) is 0 Å². The zero-order valence-electron chi connectivity index (χ0n) is 10.5. The van der Waals surface area contributed by atoms with E-state index < -0.39 is 0 Å². The van der Waals surface area contributed by atoms with Crippen LogP contribution < -0.4 is 5.73 Å². The van der Waals surface area contributed by atoms with E-state index in [2.05, 4.69) is 28.1 Å². The van der Waals surface area contributed by atoms with Gasteiger partial charge in [0.1, 0.15) is 0 Å². The number of thioether (sulfide) groups is 1. The summed E-state index contributed by atoms with van der Waals surface area (Å²) >= 11 is 11.2. The van der Waals surface area contributed by atoms with Crippen LogP contribution in [0.2, 0.25) is 5.02 Å². The second-order valence-corrected chi connectivity index (χ2v) is 6.97. The Morgan fingerprint density at radius 3 is 2.42 bits per heavy atom. The van der Waals surface area contributed by atoms with E-state index in [4.69, 9.17) is 17.3 Å². The molecule has 2 aromatic carbocycles. The fraction of sp³-hybridized carbons (Fsp3) is 0.200. The van der Waals surface area contributed by atoms with Crippen LogP contribution in [0.3, 0.4) is 0 Å². The average Bonchev–Trinajstić information content (AvgIpc) is 2.37. The maximum absolute atomic E-state index is 6.13. The number of rotatable bonds is 4. The van der Waals surface area contributed by atoms with E-state index in [0.717, 1.165) is 9.50 Å². The summed E-state index contributed by atoms with van der Waals surface area (Å²) in [6.07, 6.45) is 0. The Bertz CT molecular complexity index is 542. The van der Waals surface area contributed by atoms with Crippen LogP contribution in [0.5, 0.6) is 0 Å². The van der Waals surface area contributed by atoms with Gasteiger partial charge in [0.25, 0.3) is 0 Å². The molecule has 0 bridgehead atoms. The van der Waals surface area contributed by atoms with Crippen molar-refractivity contribution < 1.29 is 0 Å². The van der Waals surface area contributed by atoms with Gasteiger partial charge in [-0.3, -0.25) is 0 Å². The lowest BCUT2D eigenvalue weighted by molar-refractivity contribution is 0.721. The molecule has 2 rings (SSSR count). The Morgan fingerprint density at radius 2 is 1.84 bits per heavy atom. The molecular formula is C15H15BrClNS. The first kappa shape index (κ1) is 14.9. The van der Waals surface area contributed by atoms with Gasteiger partial charge in [0.05, 0.1) is 0 Å². The predicted octanol–water partition coefficient (Wildman–Crippen LogP) is 5.28. The minimum absolute atomic E-state index is 0.0603. The maximum Gasteiger partial charge on any atom is 0.0492 e. The smallest absolute Gasteiger partial charge is 0.0492 e. The molecule has 4 heteroatoms. The van der Waals surface area contributed by atoms with Crippen LogP contribution in [-0.4, -0.2) is 6.04 Å². The van der Waals surface area contributed by atoms with E-state index in [-0.39, 0.29) is 11.3 Å². The summed E-state index contributed by atoms with van der Waals surface area (Å²) in [5, 5.41) is 0.964. The van der Waals surface area contributed by atoms with Crippen molar-refractivity contribution in [2.45, 2.75) is 23.1 Å². The summed E-state index contributed by atoms with van der Waals surface area (Å²) in [7, 11) is 0. The highest BCUT2D eigenvalue weighted by Crippen LogP contribution is 2.38. The first-order valence-electron chi connectivity index (χ1n) is 5.99. The Kier molecular flexibility index (Phi) is 5.34. The van der Waals surface area contributed by atoms with Gasteiger partial charge in [0, 0.05) is 25.7 Å². The number of benzene rings is 2. The molecule has 100 valence electrons. The van der Waals surface area contributed by atoms with Crippen LogP contribution in [0, 0.1) is 0 Å². The van der Waals surface area contributed by atoms with Crippen molar-refractivity contribution in [1.29, 1.82) is 0 Å². The molecule has 0 aromatic heterocycles. The van der Waals surface area contributed by atoms with Crippen molar-refractivity contribution in [3.05, 3.63) is 63.6 Å². The van der Waals surface area contributed by atoms with Gasteiger partial charge in [-0.15, -0.1) is 11.8 Å². The quantitative estimate of drug-likeness (QED) is 0.754. The zero-order valence-corrected chi connectivity index (χ0v) is 13.7. The first-order valence-corrected chi connectivity index (χ1v) is 8.04. The molecule has 0 aliphatic rings. The monoisotopic (exact) mass is 355 g/mol. The summed E-state index contributed by atoms with van der Waals surface area (Å²) in [6, 6.07) is 16.2. The molecule has 1 nitrogen and oxygen atoms in total. The molecule has 0 saturated carbocycles. The molecule has 2 N–H and O–H groups in total. The second kappa shape index (κ2) is 6.80.